The molecular formula is C21H25FN2O2. The number of likely N-dealkylation sites (tertiary alicyclic amines) is 1. The monoisotopic (exact) mass is 356 g/mol. The van der Waals surface area contributed by atoms with Crippen LogP contribution in [0.1, 0.15) is 29.7 Å². The van der Waals surface area contributed by atoms with Crippen molar-refractivity contribution >= 4 is 0 Å². The fourth-order valence-electron chi connectivity index (χ4n) is 4.58. The zero-order valence-corrected chi connectivity index (χ0v) is 15.3. The Morgan fingerprint density at radius 1 is 1.31 bits per heavy atom. The van der Waals surface area contributed by atoms with Gasteiger partial charge >= 0.3 is 0 Å². The molecule has 0 spiro atoms. The molecule has 3 atom stereocenters. The summed E-state index contributed by atoms with van der Waals surface area (Å²) in [4.78, 5) is 6.74. The zero-order chi connectivity index (χ0) is 18.3. The molecule has 1 aliphatic carbocycles. The SMILES string of the molecule is COc1ccc(CN2C[C@H]3CC[C@](O)(c4ccc(C)cn4)[C@H]3C2)c(F)c1. The van der Waals surface area contributed by atoms with Gasteiger partial charge in [0.2, 0.25) is 0 Å². The van der Waals surface area contributed by atoms with Crippen molar-refractivity contribution in [2.45, 2.75) is 31.9 Å². The van der Waals surface area contributed by atoms with Crippen molar-refractivity contribution in [1.29, 1.82) is 0 Å². The van der Waals surface area contributed by atoms with E-state index in [0.717, 1.165) is 37.2 Å². The molecule has 2 aliphatic rings. The standard InChI is InChI=1S/C21H25FN2O2/c1-14-3-6-20(23-10-14)21(25)8-7-15-11-24(13-18(15)21)12-16-4-5-17(26-2)9-19(16)22/h3-6,9-10,15,18,25H,7-8,11-13H2,1-2H3/t15-,18+,21-/m1/s1. The maximum atomic E-state index is 14.3. The van der Waals surface area contributed by atoms with Crippen molar-refractivity contribution in [2.75, 3.05) is 20.2 Å². The minimum absolute atomic E-state index is 0.152. The van der Waals surface area contributed by atoms with Crippen molar-refractivity contribution in [3.05, 3.63) is 59.2 Å². The number of aliphatic hydroxyl groups is 1. The normalized spacial score (nSPS) is 28.3. The summed E-state index contributed by atoms with van der Waals surface area (Å²) in [5.74, 6) is 0.879. The predicted octanol–water partition coefficient (Wildman–Crippen LogP) is 3.27. The topological polar surface area (TPSA) is 45.6 Å². The number of methoxy groups -OCH3 is 1. The van der Waals surface area contributed by atoms with Gasteiger partial charge in [-0.1, -0.05) is 12.1 Å². The maximum Gasteiger partial charge on any atom is 0.131 e. The van der Waals surface area contributed by atoms with Crippen LogP contribution in [-0.2, 0) is 12.1 Å². The van der Waals surface area contributed by atoms with E-state index in [0.29, 0.717) is 23.8 Å². The lowest BCUT2D eigenvalue weighted by Gasteiger charge is -2.30. The number of aryl methyl sites for hydroxylation is 1. The third-order valence-corrected chi connectivity index (χ3v) is 6.04. The Morgan fingerprint density at radius 2 is 2.15 bits per heavy atom. The fraction of sp³-hybridized carbons (Fsp3) is 0.476. The molecule has 5 heteroatoms. The van der Waals surface area contributed by atoms with Crippen LogP contribution in [0.15, 0.2) is 36.5 Å². The summed E-state index contributed by atoms with van der Waals surface area (Å²) in [6.07, 6.45) is 3.56. The van der Waals surface area contributed by atoms with Crippen molar-refractivity contribution in [3.63, 3.8) is 0 Å². The van der Waals surface area contributed by atoms with E-state index in [-0.39, 0.29) is 11.7 Å². The molecule has 26 heavy (non-hydrogen) atoms. The van der Waals surface area contributed by atoms with E-state index in [1.165, 1.54) is 13.2 Å². The number of nitrogens with zero attached hydrogens (tertiary/aromatic N) is 2. The Labute approximate surface area is 153 Å². The van der Waals surface area contributed by atoms with Crippen LogP contribution in [0.3, 0.4) is 0 Å². The molecule has 2 fully saturated rings. The van der Waals surface area contributed by atoms with Crippen LogP contribution in [0.2, 0.25) is 0 Å². The molecule has 0 unspecified atom stereocenters. The van der Waals surface area contributed by atoms with E-state index < -0.39 is 5.60 Å². The summed E-state index contributed by atoms with van der Waals surface area (Å²) >= 11 is 0. The van der Waals surface area contributed by atoms with Crippen LogP contribution in [-0.4, -0.2) is 35.2 Å². The van der Waals surface area contributed by atoms with Gasteiger partial charge in [0.1, 0.15) is 17.2 Å². The molecule has 1 saturated heterocycles. The van der Waals surface area contributed by atoms with Gasteiger partial charge in [-0.3, -0.25) is 9.88 Å². The Bertz CT molecular complexity index is 795. The van der Waals surface area contributed by atoms with Crippen LogP contribution in [0.4, 0.5) is 4.39 Å². The van der Waals surface area contributed by atoms with E-state index in [2.05, 4.69) is 9.88 Å². The highest BCUT2D eigenvalue weighted by Gasteiger charge is 2.53. The molecule has 1 aromatic carbocycles. The van der Waals surface area contributed by atoms with E-state index in [4.69, 9.17) is 4.74 Å². The molecule has 4 rings (SSSR count). The lowest BCUT2D eigenvalue weighted by molar-refractivity contribution is -0.0108. The van der Waals surface area contributed by atoms with Gasteiger partial charge in [-0.15, -0.1) is 0 Å². The molecule has 1 N–H and O–H groups in total. The third-order valence-electron chi connectivity index (χ3n) is 6.04. The smallest absolute Gasteiger partial charge is 0.131 e. The van der Waals surface area contributed by atoms with Gasteiger partial charge in [0, 0.05) is 43.4 Å². The van der Waals surface area contributed by atoms with Crippen molar-refractivity contribution < 1.29 is 14.2 Å². The summed E-state index contributed by atoms with van der Waals surface area (Å²) in [5, 5.41) is 11.4. The van der Waals surface area contributed by atoms with Crippen molar-refractivity contribution in [1.82, 2.24) is 9.88 Å². The second kappa shape index (κ2) is 6.63. The maximum absolute atomic E-state index is 14.3. The number of hydrogen-bond acceptors (Lipinski definition) is 4. The van der Waals surface area contributed by atoms with E-state index in [1.54, 1.807) is 12.1 Å². The summed E-state index contributed by atoms with van der Waals surface area (Å²) in [6, 6.07) is 8.97. The molecule has 1 saturated carbocycles. The number of hydrogen-bond donors (Lipinski definition) is 1. The highest BCUT2D eigenvalue weighted by atomic mass is 19.1. The molecule has 0 bridgehead atoms. The van der Waals surface area contributed by atoms with Crippen LogP contribution >= 0.6 is 0 Å². The number of pyridine rings is 1. The molecule has 0 radical (unpaired) electrons. The van der Waals surface area contributed by atoms with Gasteiger partial charge in [0.25, 0.3) is 0 Å². The molecule has 2 aromatic rings. The van der Waals surface area contributed by atoms with Crippen LogP contribution in [0.25, 0.3) is 0 Å². The Morgan fingerprint density at radius 3 is 2.85 bits per heavy atom. The molecule has 0 amide bonds. The molecule has 2 heterocycles. The summed E-state index contributed by atoms with van der Waals surface area (Å²) in [5.41, 5.74) is 1.66. The molecule has 1 aromatic heterocycles. The average molecular weight is 356 g/mol. The Kier molecular flexibility index (Phi) is 4.45. The van der Waals surface area contributed by atoms with Crippen molar-refractivity contribution in [3.8, 4) is 5.75 Å². The first-order chi connectivity index (χ1) is 12.5. The first-order valence-corrected chi connectivity index (χ1v) is 9.20. The Balaban J connectivity index is 1.50. The number of aromatic nitrogens is 1. The lowest BCUT2D eigenvalue weighted by atomic mass is 9.85. The number of ether oxygens (including phenoxy) is 1. The van der Waals surface area contributed by atoms with Gasteiger partial charge in [-0.05, 0) is 43.4 Å². The second-order valence-corrected chi connectivity index (χ2v) is 7.70. The van der Waals surface area contributed by atoms with Gasteiger partial charge in [0.15, 0.2) is 0 Å². The molecule has 138 valence electrons. The van der Waals surface area contributed by atoms with E-state index in [1.807, 2.05) is 25.3 Å². The first kappa shape index (κ1) is 17.4. The van der Waals surface area contributed by atoms with E-state index in [9.17, 15) is 9.50 Å². The summed E-state index contributed by atoms with van der Waals surface area (Å²) in [7, 11) is 1.54. The van der Waals surface area contributed by atoms with E-state index >= 15 is 0 Å². The zero-order valence-electron chi connectivity index (χ0n) is 15.3. The number of benzene rings is 1. The number of rotatable bonds is 4. The fourth-order valence-corrected chi connectivity index (χ4v) is 4.58. The van der Waals surface area contributed by atoms with Gasteiger partial charge < -0.3 is 9.84 Å². The molecule has 4 nitrogen and oxygen atoms in total. The highest BCUT2D eigenvalue weighted by molar-refractivity contribution is 5.29. The molecular weight excluding hydrogens is 331 g/mol. The van der Waals surface area contributed by atoms with Gasteiger partial charge in [0.05, 0.1) is 12.8 Å². The summed E-state index contributed by atoms with van der Waals surface area (Å²) < 4.78 is 19.3. The van der Waals surface area contributed by atoms with Crippen LogP contribution in [0, 0.1) is 24.6 Å². The van der Waals surface area contributed by atoms with Gasteiger partial charge in [-0.2, -0.15) is 0 Å². The van der Waals surface area contributed by atoms with Crippen LogP contribution < -0.4 is 4.74 Å². The number of fused-ring (bicyclic) bond motifs is 1. The lowest BCUT2D eigenvalue weighted by Crippen LogP contribution is -2.35. The van der Waals surface area contributed by atoms with Crippen LogP contribution in [0.5, 0.6) is 5.75 Å². The Hall–Kier alpha value is -1.98. The minimum atomic E-state index is -0.869. The first-order valence-electron chi connectivity index (χ1n) is 9.20. The quantitative estimate of drug-likeness (QED) is 0.913. The summed E-state index contributed by atoms with van der Waals surface area (Å²) in [6.45, 7) is 4.21. The second-order valence-electron chi connectivity index (χ2n) is 7.70. The third kappa shape index (κ3) is 2.99. The predicted molar refractivity (Wildman–Crippen MR) is 97.3 cm³/mol. The molecule has 1 aliphatic heterocycles. The minimum Gasteiger partial charge on any atom is -0.497 e. The largest absolute Gasteiger partial charge is 0.497 e. The van der Waals surface area contributed by atoms with Gasteiger partial charge in [-0.25, -0.2) is 4.39 Å². The average Bonchev–Trinajstić information content (AvgIpc) is 3.18. The van der Waals surface area contributed by atoms with Crippen molar-refractivity contribution in [2.24, 2.45) is 11.8 Å². The number of halogens is 1. The highest BCUT2D eigenvalue weighted by Crippen LogP contribution is 2.50.